The number of piperidine rings is 1. The average Bonchev–Trinajstić information content (AvgIpc) is 3.38. The van der Waals surface area contributed by atoms with E-state index in [0.29, 0.717) is 17.7 Å². The maximum absolute atomic E-state index is 14.0. The van der Waals surface area contributed by atoms with Gasteiger partial charge in [0.15, 0.2) is 17.5 Å². The van der Waals surface area contributed by atoms with Crippen LogP contribution in [0.2, 0.25) is 0 Å². The lowest BCUT2D eigenvalue weighted by Gasteiger charge is -2.45. The molecule has 34 heavy (non-hydrogen) atoms. The molecule has 5 heterocycles. The number of hydrogen-bond donors (Lipinski definition) is 0. The Hall–Kier alpha value is -3.62. The topological polar surface area (TPSA) is 55.4 Å². The quantitative estimate of drug-likeness (QED) is 0.402. The van der Waals surface area contributed by atoms with Crippen LogP contribution in [0.3, 0.4) is 0 Å². The summed E-state index contributed by atoms with van der Waals surface area (Å²) in [6.07, 6.45) is 4.65. The van der Waals surface area contributed by atoms with Crippen LogP contribution in [-0.2, 0) is 13.5 Å². The summed E-state index contributed by atoms with van der Waals surface area (Å²) in [4.78, 5) is 15.7. The van der Waals surface area contributed by atoms with Gasteiger partial charge in [-0.2, -0.15) is 10.2 Å². The van der Waals surface area contributed by atoms with Crippen LogP contribution in [0.1, 0.15) is 52.6 Å². The van der Waals surface area contributed by atoms with E-state index < -0.39 is 17.5 Å². The first-order chi connectivity index (χ1) is 16.3. The van der Waals surface area contributed by atoms with Crippen LogP contribution >= 0.6 is 0 Å². The molecule has 2 unspecified atom stereocenters. The third-order valence-corrected chi connectivity index (χ3v) is 7.13. The molecule has 1 aromatic carbocycles. The molecule has 3 aromatic heterocycles. The highest BCUT2D eigenvalue weighted by molar-refractivity contribution is 6.01. The number of carbonyl (C=O) groups is 1. The van der Waals surface area contributed by atoms with Gasteiger partial charge in [-0.05, 0) is 56.9 Å². The Morgan fingerprint density at radius 3 is 2.65 bits per heavy atom. The van der Waals surface area contributed by atoms with Crippen molar-refractivity contribution in [2.45, 2.75) is 44.7 Å². The number of aromatic nitrogens is 4. The molecule has 0 spiro atoms. The van der Waals surface area contributed by atoms with Gasteiger partial charge in [-0.15, -0.1) is 0 Å². The molecule has 2 bridgehead atoms. The zero-order chi connectivity index (χ0) is 23.7. The third kappa shape index (κ3) is 2.92. The van der Waals surface area contributed by atoms with Crippen molar-refractivity contribution in [3.8, 4) is 11.3 Å². The van der Waals surface area contributed by atoms with Crippen molar-refractivity contribution in [1.29, 1.82) is 0 Å². The number of amides is 1. The van der Waals surface area contributed by atoms with Gasteiger partial charge in [-0.3, -0.25) is 9.48 Å². The minimum absolute atomic E-state index is 0.0726. The number of nitrogens with zero attached hydrogens (tertiary/aromatic N) is 5. The van der Waals surface area contributed by atoms with Gasteiger partial charge in [0.2, 0.25) is 0 Å². The van der Waals surface area contributed by atoms with Gasteiger partial charge < -0.3 is 4.90 Å². The van der Waals surface area contributed by atoms with Crippen molar-refractivity contribution in [2.75, 3.05) is 0 Å². The van der Waals surface area contributed by atoms with Crippen molar-refractivity contribution in [3.63, 3.8) is 0 Å². The van der Waals surface area contributed by atoms with Crippen LogP contribution in [-0.4, -0.2) is 36.2 Å². The van der Waals surface area contributed by atoms with Gasteiger partial charge in [-0.1, -0.05) is 6.07 Å². The largest absolute Gasteiger partial charge is 0.327 e. The Balaban J connectivity index is 1.45. The van der Waals surface area contributed by atoms with E-state index in [2.05, 4.69) is 10.2 Å². The van der Waals surface area contributed by atoms with Gasteiger partial charge in [-0.25, -0.2) is 17.7 Å². The number of aryl methyl sites for hydroxylation is 2. The van der Waals surface area contributed by atoms with Crippen LogP contribution in [0.4, 0.5) is 13.2 Å². The second-order valence-corrected chi connectivity index (χ2v) is 9.13. The number of fused-ring (bicyclic) bond motifs is 5. The summed E-state index contributed by atoms with van der Waals surface area (Å²) < 4.78 is 44.9. The highest BCUT2D eigenvalue weighted by Crippen LogP contribution is 2.45. The minimum Gasteiger partial charge on any atom is -0.327 e. The minimum atomic E-state index is -1.49. The van der Waals surface area contributed by atoms with Crippen molar-refractivity contribution in [3.05, 3.63) is 76.5 Å². The summed E-state index contributed by atoms with van der Waals surface area (Å²) in [6, 6.07) is 7.42. The maximum Gasteiger partial charge on any atom is 0.258 e. The van der Waals surface area contributed by atoms with Crippen molar-refractivity contribution < 1.29 is 18.0 Å². The maximum atomic E-state index is 14.0. The van der Waals surface area contributed by atoms with E-state index in [1.165, 1.54) is 0 Å². The molecule has 6 rings (SSSR count). The molecule has 0 aliphatic carbocycles. The summed E-state index contributed by atoms with van der Waals surface area (Å²) in [7, 11) is 1.71. The molecule has 6 nitrogen and oxygen atoms in total. The molecule has 1 amide bonds. The van der Waals surface area contributed by atoms with Gasteiger partial charge in [0, 0.05) is 29.9 Å². The summed E-state index contributed by atoms with van der Waals surface area (Å²) in [5.74, 6) is -4.05. The molecule has 2 aliphatic heterocycles. The fraction of sp³-hybridized carbons (Fsp3) is 0.320. The number of pyridine rings is 1. The molecule has 1 fully saturated rings. The molecule has 174 valence electrons. The Labute approximate surface area is 193 Å². The molecule has 0 saturated carbocycles. The molecule has 2 atom stereocenters. The first-order valence-corrected chi connectivity index (χ1v) is 11.3. The van der Waals surface area contributed by atoms with Crippen LogP contribution in [0.15, 0.2) is 36.5 Å². The predicted octanol–water partition coefficient (Wildman–Crippen LogP) is 4.75. The molecule has 4 aromatic rings. The standard InChI is InChI=1S/C25H22F3N5O/c1-13-5-3-7-20-17(12-29-33(13)20)25(34)32-15-6-4-8-21(32)23-16(11-15)24(31(2)30-23)14-9-18(26)22(28)19(27)10-14/h3,5,7,9-10,12,15,21H,4,6,8,11H2,1-2H3. The summed E-state index contributed by atoms with van der Waals surface area (Å²) in [6.45, 7) is 1.94. The van der Waals surface area contributed by atoms with E-state index >= 15 is 0 Å². The molecule has 1 saturated heterocycles. The lowest BCUT2D eigenvalue weighted by Crippen LogP contribution is -2.49. The zero-order valence-electron chi connectivity index (χ0n) is 18.7. The van der Waals surface area contributed by atoms with Crippen molar-refractivity contribution in [2.24, 2.45) is 7.05 Å². The van der Waals surface area contributed by atoms with E-state index in [9.17, 15) is 18.0 Å². The van der Waals surface area contributed by atoms with Crippen LogP contribution in [0, 0.1) is 24.4 Å². The predicted molar refractivity (Wildman–Crippen MR) is 119 cm³/mol. The lowest BCUT2D eigenvalue weighted by atomic mass is 9.81. The normalized spacial score (nSPS) is 19.5. The van der Waals surface area contributed by atoms with Crippen molar-refractivity contribution >= 4 is 11.4 Å². The number of hydrogen-bond acceptors (Lipinski definition) is 3. The molecule has 0 radical (unpaired) electrons. The molecule has 9 heteroatoms. The smallest absolute Gasteiger partial charge is 0.258 e. The van der Waals surface area contributed by atoms with E-state index in [-0.39, 0.29) is 23.6 Å². The monoisotopic (exact) mass is 465 g/mol. The van der Waals surface area contributed by atoms with E-state index in [4.69, 9.17) is 0 Å². The van der Waals surface area contributed by atoms with Crippen LogP contribution in [0.5, 0.6) is 0 Å². The summed E-state index contributed by atoms with van der Waals surface area (Å²) >= 11 is 0. The molecular formula is C25H22F3N5O. The zero-order valence-corrected chi connectivity index (χ0v) is 18.7. The summed E-state index contributed by atoms with van der Waals surface area (Å²) in [5, 5.41) is 9.09. The van der Waals surface area contributed by atoms with Crippen LogP contribution in [0.25, 0.3) is 16.8 Å². The second kappa shape index (κ2) is 7.44. The fourth-order valence-electron chi connectivity index (χ4n) is 5.65. The lowest BCUT2D eigenvalue weighted by molar-refractivity contribution is 0.0394. The molecular weight excluding hydrogens is 443 g/mol. The van der Waals surface area contributed by atoms with Gasteiger partial charge in [0.05, 0.1) is 34.7 Å². The Morgan fingerprint density at radius 1 is 1.12 bits per heavy atom. The number of carbonyl (C=O) groups excluding carboxylic acids is 1. The average molecular weight is 465 g/mol. The SMILES string of the molecule is Cc1cccc2c(C(=O)N3C4CCCC3c3nn(C)c(-c5cc(F)c(F)c(F)c5)c3C4)cnn12. The Bertz CT molecular complexity index is 1450. The van der Waals surface area contributed by atoms with E-state index in [1.807, 2.05) is 30.0 Å². The number of halogens is 3. The Morgan fingerprint density at radius 2 is 1.88 bits per heavy atom. The second-order valence-electron chi connectivity index (χ2n) is 9.13. The number of rotatable bonds is 2. The van der Waals surface area contributed by atoms with Gasteiger partial charge in [0.1, 0.15) is 0 Å². The highest BCUT2D eigenvalue weighted by Gasteiger charge is 2.44. The first kappa shape index (κ1) is 20.9. The number of benzene rings is 1. The van der Waals surface area contributed by atoms with Gasteiger partial charge >= 0.3 is 0 Å². The van der Waals surface area contributed by atoms with Crippen LogP contribution < -0.4 is 0 Å². The molecule has 2 aliphatic rings. The fourth-order valence-corrected chi connectivity index (χ4v) is 5.65. The first-order valence-electron chi connectivity index (χ1n) is 11.3. The Kier molecular flexibility index (Phi) is 4.59. The van der Waals surface area contributed by atoms with Crippen molar-refractivity contribution in [1.82, 2.24) is 24.3 Å². The van der Waals surface area contributed by atoms with E-state index in [0.717, 1.165) is 53.9 Å². The third-order valence-electron chi connectivity index (χ3n) is 7.13. The van der Waals surface area contributed by atoms with E-state index in [1.54, 1.807) is 22.4 Å². The van der Waals surface area contributed by atoms with Gasteiger partial charge in [0.25, 0.3) is 5.91 Å². The summed E-state index contributed by atoms with van der Waals surface area (Å²) in [5.41, 5.74) is 4.63. The molecule has 0 N–H and O–H groups in total. The highest BCUT2D eigenvalue weighted by atomic mass is 19.2.